The summed E-state index contributed by atoms with van der Waals surface area (Å²) in [5, 5.41) is 7.90. The van der Waals surface area contributed by atoms with Gasteiger partial charge in [0.05, 0.1) is 40.9 Å². The Kier molecular flexibility index (Phi) is 7.48. The van der Waals surface area contributed by atoms with Gasteiger partial charge in [-0.25, -0.2) is 23.5 Å². The summed E-state index contributed by atoms with van der Waals surface area (Å²) in [6, 6.07) is 9.94. The number of rotatable bonds is 7. The molecule has 4 rings (SSSR count). The Morgan fingerprint density at radius 1 is 1.19 bits per heavy atom. The largest absolute Gasteiger partial charge is 0.496 e. The summed E-state index contributed by atoms with van der Waals surface area (Å²) in [6.45, 7) is 3.34. The van der Waals surface area contributed by atoms with E-state index in [4.69, 9.17) is 27.2 Å². The molecule has 1 aliphatic rings. The van der Waals surface area contributed by atoms with Gasteiger partial charge in [-0.1, -0.05) is 23.7 Å². The van der Waals surface area contributed by atoms with E-state index in [0.29, 0.717) is 29.0 Å². The van der Waals surface area contributed by atoms with E-state index in [0.717, 1.165) is 9.87 Å². The zero-order valence-corrected chi connectivity index (χ0v) is 22.7. The van der Waals surface area contributed by atoms with E-state index in [2.05, 4.69) is 15.3 Å². The number of halogens is 1. The molecule has 0 saturated carbocycles. The number of hydrogen-bond acceptors (Lipinski definition) is 9. The summed E-state index contributed by atoms with van der Waals surface area (Å²) in [4.78, 5) is 9.02. The van der Waals surface area contributed by atoms with E-state index in [9.17, 15) is 16.8 Å². The number of methoxy groups -OCH3 is 1. The second-order valence-corrected chi connectivity index (χ2v) is 13.1. The fraction of sp³-hybridized carbons (Fsp3) is 0.304. The predicted octanol–water partition coefficient (Wildman–Crippen LogP) is 2.75. The molecular formula is C23H27ClN6O5S2. The van der Waals surface area contributed by atoms with Crippen LogP contribution in [-0.2, 0) is 26.5 Å². The minimum atomic E-state index is -3.98. The highest BCUT2D eigenvalue weighted by atomic mass is 35.5. The Hall–Kier alpha value is -2.81. The molecule has 1 aromatic heterocycles. The van der Waals surface area contributed by atoms with Crippen LogP contribution in [0.15, 0.2) is 47.5 Å². The standard InChI is InChI=1S/C23H27ClN6O5S2/c1-13(2)36(31,32)20-7-5-4-6-18(20)28-23-17(24)12-27-22(29-23)16-10-14-8-9-30(37(26,33)34)21(25)15(14)11-19(16)35-3/h4-7,10-13,21H,8-9,25H2,1-3H3,(H2,26,33,34)(H,27,28,29). The maximum Gasteiger partial charge on any atom is 0.278 e. The number of nitrogens with two attached hydrogens (primary N) is 2. The fourth-order valence-corrected chi connectivity index (χ4v) is 6.19. The van der Waals surface area contributed by atoms with Crippen LogP contribution < -0.4 is 20.9 Å². The first kappa shape index (κ1) is 27.2. The van der Waals surface area contributed by atoms with Crippen molar-refractivity contribution in [3.05, 3.63) is 58.7 Å². The van der Waals surface area contributed by atoms with Crippen molar-refractivity contribution in [2.24, 2.45) is 10.9 Å². The van der Waals surface area contributed by atoms with Gasteiger partial charge in [0.1, 0.15) is 10.8 Å². The number of fused-ring (bicyclic) bond motifs is 1. The number of ether oxygens (including phenoxy) is 1. The molecule has 1 unspecified atom stereocenters. The van der Waals surface area contributed by atoms with E-state index >= 15 is 0 Å². The fourth-order valence-electron chi connectivity index (χ4n) is 4.07. The van der Waals surface area contributed by atoms with Gasteiger partial charge in [-0.15, -0.1) is 0 Å². The number of sulfone groups is 1. The van der Waals surface area contributed by atoms with E-state index in [1.54, 1.807) is 44.2 Å². The molecule has 1 atom stereocenters. The summed E-state index contributed by atoms with van der Waals surface area (Å²) in [7, 11) is -6.11. The maximum atomic E-state index is 12.9. The number of para-hydroxylation sites is 1. The first-order valence-electron chi connectivity index (χ1n) is 11.2. The molecule has 0 fully saturated rings. The van der Waals surface area contributed by atoms with Crippen LogP contribution in [0.1, 0.15) is 31.1 Å². The summed E-state index contributed by atoms with van der Waals surface area (Å²) >= 11 is 6.37. The second-order valence-electron chi connectivity index (χ2n) is 8.71. The van der Waals surface area contributed by atoms with Crippen LogP contribution in [0.4, 0.5) is 11.5 Å². The van der Waals surface area contributed by atoms with Crippen LogP contribution in [0.5, 0.6) is 5.75 Å². The molecule has 2 heterocycles. The van der Waals surface area contributed by atoms with Gasteiger partial charge in [0.15, 0.2) is 21.5 Å². The molecule has 37 heavy (non-hydrogen) atoms. The average Bonchev–Trinajstić information content (AvgIpc) is 2.84. The lowest BCUT2D eigenvalue weighted by molar-refractivity contribution is 0.313. The first-order valence-corrected chi connectivity index (χ1v) is 14.7. The number of hydrogen-bond donors (Lipinski definition) is 3. The van der Waals surface area contributed by atoms with Crippen LogP contribution >= 0.6 is 11.6 Å². The van der Waals surface area contributed by atoms with Gasteiger partial charge in [-0.2, -0.15) is 12.7 Å². The van der Waals surface area contributed by atoms with Crippen molar-refractivity contribution in [2.45, 2.75) is 36.6 Å². The molecule has 0 bridgehead atoms. The van der Waals surface area contributed by atoms with Crippen LogP contribution in [0.2, 0.25) is 5.02 Å². The zero-order valence-electron chi connectivity index (χ0n) is 20.3. The van der Waals surface area contributed by atoms with Gasteiger partial charge in [0.2, 0.25) is 0 Å². The molecule has 0 amide bonds. The summed E-state index contributed by atoms with van der Waals surface area (Å²) < 4.78 is 56.1. The third kappa shape index (κ3) is 5.28. The van der Waals surface area contributed by atoms with Gasteiger partial charge in [-0.05, 0) is 55.7 Å². The van der Waals surface area contributed by atoms with Crippen LogP contribution in [0, 0.1) is 0 Å². The molecule has 0 radical (unpaired) electrons. The molecule has 198 valence electrons. The number of benzene rings is 2. The molecular weight excluding hydrogens is 540 g/mol. The molecule has 1 aliphatic heterocycles. The Morgan fingerprint density at radius 2 is 1.89 bits per heavy atom. The first-order chi connectivity index (χ1) is 17.3. The molecule has 0 aliphatic carbocycles. The summed E-state index contributed by atoms with van der Waals surface area (Å²) in [5.41, 5.74) is 8.40. The Labute approximate surface area is 220 Å². The average molecular weight is 567 g/mol. The summed E-state index contributed by atoms with van der Waals surface area (Å²) in [5.74, 6) is 0.828. The highest BCUT2D eigenvalue weighted by molar-refractivity contribution is 7.92. The van der Waals surface area contributed by atoms with Crippen molar-refractivity contribution in [1.82, 2.24) is 14.3 Å². The second kappa shape index (κ2) is 10.2. The van der Waals surface area contributed by atoms with E-state index in [-0.39, 0.29) is 28.1 Å². The number of nitrogens with zero attached hydrogens (tertiary/aromatic N) is 3. The molecule has 3 aromatic rings. The molecule has 11 nitrogen and oxygen atoms in total. The lowest BCUT2D eigenvalue weighted by atomic mass is 9.95. The van der Waals surface area contributed by atoms with Gasteiger partial charge < -0.3 is 15.8 Å². The summed E-state index contributed by atoms with van der Waals surface area (Å²) in [6.07, 6.45) is 0.804. The smallest absolute Gasteiger partial charge is 0.278 e. The van der Waals surface area contributed by atoms with Gasteiger partial charge in [0, 0.05) is 6.54 Å². The molecule has 0 saturated heterocycles. The van der Waals surface area contributed by atoms with Gasteiger partial charge in [0.25, 0.3) is 10.2 Å². The Balaban J connectivity index is 1.77. The lowest BCUT2D eigenvalue weighted by Gasteiger charge is -2.33. The highest BCUT2D eigenvalue weighted by Crippen LogP contribution is 2.38. The molecule has 14 heteroatoms. The number of aromatic nitrogens is 2. The Morgan fingerprint density at radius 3 is 2.54 bits per heavy atom. The number of anilines is 2. The topological polar surface area (TPSA) is 171 Å². The van der Waals surface area contributed by atoms with Crippen molar-refractivity contribution in [3.8, 4) is 17.1 Å². The molecule has 2 aromatic carbocycles. The minimum absolute atomic E-state index is 0.119. The third-order valence-electron chi connectivity index (χ3n) is 6.07. The van der Waals surface area contributed by atoms with Gasteiger partial charge >= 0.3 is 0 Å². The van der Waals surface area contributed by atoms with E-state index < -0.39 is 31.5 Å². The predicted molar refractivity (Wildman–Crippen MR) is 142 cm³/mol. The third-order valence-corrected chi connectivity index (χ3v) is 9.62. The van der Waals surface area contributed by atoms with Crippen LogP contribution in [0.25, 0.3) is 11.4 Å². The van der Waals surface area contributed by atoms with Crippen molar-refractivity contribution in [1.29, 1.82) is 0 Å². The SMILES string of the molecule is COc1cc2c(cc1-c1ncc(Cl)c(Nc3ccccc3S(=O)(=O)C(C)C)n1)CCN(S(N)(=O)=O)C2N. The normalized spacial score (nSPS) is 16.5. The lowest BCUT2D eigenvalue weighted by Crippen LogP contribution is -2.46. The van der Waals surface area contributed by atoms with Crippen LogP contribution in [-0.4, -0.2) is 50.0 Å². The maximum absolute atomic E-state index is 12.9. The molecule has 0 spiro atoms. The quantitative estimate of drug-likeness (QED) is 0.389. The molecule has 5 N–H and O–H groups in total. The van der Waals surface area contributed by atoms with Crippen molar-refractivity contribution in [3.63, 3.8) is 0 Å². The van der Waals surface area contributed by atoms with Crippen molar-refractivity contribution in [2.75, 3.05) is 19.0 Å². The Bertz CT molecular complexity index is 1560. The van der Waals surface area contributed by atoms with E-state index in [1.807, 2.05) is 0 Å². The van der Waals surface area contributed by atoms with Crippen molar-refractivity contribution >= 4 is 43.2 Å². The van der Waals surface area contributed by atoms with Crippen LogP contribution in [0.3, 0.4) is 0 Å². The van der Waals surface area contributed by atoms with E-state index in [1.165, 1.54) is 19.4 Å². The highest BCUT2D eigenvalue weighted by Gasteiger charge is 2.32. The minimum Gasteiger partial charge on any atom is -0.496 e. The zero-order chi connectivity index (χ0) is 27.1. The van der Waals surface area contributed by atoms with Crippen molar-refractivity contribution < 1.29 is 21.6 Å². The van der Waals surface area contributed by atoms with Gasteiger partial charge in [-0.3, -0.25) is 0 Å². The monoisotopic (exact) mass is 566 g/mol. The number of nitrogens with one attached hydrogen (secondary N) is 1.